The lowest BCUT2D eigenvalue weighted by Crippen LogP contribution is -1.97. The standard InChI is InChI=1S/C11H10BrF2NO/c1-2-5-8(4-15)16-11-9(5)6(12)3-7(13)10(11)14/h3H,2,4,15H2,1H3. The summed E-state index contributed by atoms with van der Waals surface area (Å²) in [4.78, 5) is 0. The van der Waals surface area contributed by atoms with Crippen molar-refractivity contribution >= 4 is 26.9 Å². The van der Waals surface area contributed by atoms with Crippen molar-refractivity contribution in [2.45, 2.75) is 19.9 Å². The second kappa shape index (κ2) is 4.14. The molecule has 16 heavy (non-hydrogen) atoms. The fourth-order valence-corrected chi connectivity index (χ4v) is 2.43. The fraction of sp³-hybridized carbons (Fsp3) is 0.273. The largest absolute Gasteiger partial charge is 0.456 e. The second-order valence-corrected chi connectivity index (χ2v) is 4.27. The van der Waals surface area contributed by atoms with Gasteiger partial charge < -0.3 is 10.2 Å². The summed E-state index contributed by atoms with van der Waals surface area (Å²) in [5, 5.41) is 0.571. The lowest BCUT2D eigenvalue weighted by Gasteiger charge is -1.99. The van der Waals surface area contributed by atoms with Gasteiger partial charge in [-0.3, -0.25) is 0 Å². The van der Waals surface area contributed by atoms with E-state index in [9.17, 15) is 8.78 Å². The molecular formula is C11H10BrF2NO. The number of benzene rings is 1. The van der Waals surface area contributed by atoms with Crippen molar-refractivity contribution in [1.29, 1.82) is 0 Å². The SMILES string of the molecule is CCc1c(CN)oc2c(F)c(F)cc(Br)c12. The Balaban J connectivity index is 2.91. The van der Waals surface area contributed by atoms with E-state index in [0.29, 0.717) is 22.0 Å². The zero-order valence-electron chi connectivity index (χ0n) is 8.61. The molecule has 0 spiro atoms. The zero-order chi connectivity index (χ0) is 11.9. The van der Waals surface area contributed by atoms with Crippen molar-refractivity contribution in [2.24, 2.45) is 5.73 Å². The molecule has 0 unspecified atom stereocenters. The van der Waals surface area contributed by atoms with Crippen LogP contribution >= 0.6 is 15.9 Å². The molecule has 1 aromatic heterocycles. The molecule has 1 aromatic carbocycles. The number of aryl methyl sites for hydroxylation is 1. The Labute approximate surface area is 99.5 Å². The van der Waals surface area contributed by atoms with E-state index < -0.39 is 11.6 Å². The van der Waals surface area contributed by atoms with Crippen LogP contribution < -0.4 is 5.73 Å². The third-order valence-electron chi connectivity index (χ3n) is 2.53. The van der Waals surface area contributed by atoms with E-state index in [-0.39, 0.29) is 12.1 Å². The van der Waals surface area contributed by atoms with Crippen molar-refractivity contribution in [1.82, 2.24) is 0 Å². The van der Waals surface area contributed by atoms with Crippen molar-refractivity contribution in [3.8, 4) is 0 Å². The Morgan fingerprint density at radius 2 is 2.12 bits per heavy atom. The third kappa shape index (κ3) is 1.55. The molecule has 0 radical (unpaired) electrons. The number of halogens is 3. The quantitative estimate of drug-likeness (QED) is 0.860. The van der Waals surface area contributed by atoms with Gasteiger partial charge in [-0.1, -0.05) is 6.92 Å². The molecule has 0 aliphatic heterocycles. The van der Waals surface area contributed by atoms with Crippen LogP contribution in [0, 0.1) is 11.6 Å². The highest BCUT2D eigenvalue weighted by molar-refractivity contribution is 9.10. The summed E-state index contributed by atoms with van der Waals surface area (Å²) in [6, 6.07) is 1.10. The Kier molecular flexibility index (Phi) is 2.99. The Morgan fingerprint density at radius 3 is 2.69 bits per heavy atom. The first-order valence-corrected chi connectivity index (χ1v) is 5.67. The maximum absolute atomic E-state index is 13.5. The summed E-state index contributed by atoms with van der Waals surface area (Å²) >= 11 is 3.21. The molecule has 2 nitrogen and oxygen atoms in total. The van der Waals surface area contributed by atoms with Gasteiger partial charge in [0.2, 0.25) is 5.82 Å². The van der Waals surface area contributed by atoms with Gasteiger partial charge in [0.1, 0.15) is 5.76 Å². The summed E-state index contributed by atoms with van der Waals surface area (Å²) in [5.74, 6) is -1.39. The number of rotatable bonds is 2. The van der Waals surface area contributed by atoms with E-state index in [4.69, 9.17) is 10.2 Å². The van der Waals surface area contributed by atoms with E-state index in [1.807, 2.05) is 6.92 Å². The predicted octanol–water partition coefficient (Wildman–Crippen LogP) is 3.49. The summed E-state index contributed by atoms with van der Waals surface area (Å²) in [6.45, 7) is 2.09. The van der Waals surface area contributed by atoms with Gasteiger partial charge in [0.05, 0.1) is 6.54 Å². The van der Waals surface area contributed by atoms with Crippen LogP contribution in [0.4, 0.5) is 8.78 Å². The third-order valence-corrected chi connectivity index (χ3v) is 3.16. The number of nitrogens with two attached hydrogens (primary N) is 1. The molecule has 0 saturated carbocycles. The molecule has 2 N–H and O–H groups in total. The lowest BCUT2D eigenvalue weighted by atomic mass is 10.1. The predicted molar refractivity (Wildman–Crippen MR) is 61.1 cm³/mol. The average Bonchev–Trinajstić information content (AvgIpc) is 2.64. The molecule has 0 bridgehead atoms. The van der Waals surface area contributed by atoms with Gasteiger partial charge in [-0.15, -0.1) is 0 Å². The molecular weight excluding hydrogens is 280 g/mol. The summed E-state index contributed by atoms with van der Waals surface area (Å²) in [7, 11) is 0. The van der Waals surface area contributed by atoms with Gasteiger partial charge in [-0.05, 0) is 28.4 Å². The van der Waals surface area contributed by atoms with Crippen LogP contribution in [0.3, 0.4) is 0 Å². The van der Waals surface area contributed by atoms with Crippen molar-refractivity contribution in [3.63, 3.8) is 0 Å². The Bertz CT molecular complexity index is 551. The van der Waals surface area contributed by atoms with Crippen LogP contribution in [0.1, 0.15) is 18.2 Å². The monoisotopic (exact) mass is 289 g/mol. The number of hydrogen-bond acceptors (Lipinski definition) is 2. The Hall–Kier alpha value is -0.940. The summed E-state index contributed by atoms with van der Waals surface area (Å²) < 4.78 is 32.4. The van der Waals surface area contributed by atoms with Crippen LogP contribution in [0.5, 0.6) is 0 Å². The zero-order valence-corrected chi connectivity index (χ0v) is 10.2. The number of furan rings is 1. The molecule has 0 aliphatic carbocycles. The number of hydrogen-bond donors (Lipinski definition) is 1. The van der Waals surface area contributed by atoms with Crippen LogP contribution in [0.25, 0.3) is 11.0 Å². The van der Waals surface area contributed by atoms with Crippen molar-refractivity contribution < 1.29 is 13.2 Å². The minimum Gasteiger partial charge on any atom is -0.456 e. The molecule has 0 aliphatic rings. The normalized spacial score (nSPS) is 11.3. The van der Waals surface area contributed by atoms with Gasteiger partial charge in [0.25, 0.3) is 0 Å². The highest BCUT2D eigenvalue weighted by Crippen LogP contribution is 2.35. The molecule has 0 amide bonds. The van der Waals surface area contributed by atoms with E-state index in [2.05, 4.69) is 15.9 Å². The molecule has 0 atom stereocenters. The average molecular weight is 290 g/mol. The fourth-order valence-electron chi connectivity index (χ4n) is 1.81. The summed E-state index contributed by atoms with van der Waals surface area (Å²) in [5.41, 5.74) is 6.26. The van der Waals surface area contributed by atoms with Crippen LogP contribution in [-0.4, -0.2) is 0 Å². The van der Waals surface area contributed by atoms with Crippen LogP contribution in [-0.2, 0) is 13.0 Å². The summed E-state index contributed by atoms with van der Waals surface area (Å²) in [6.07, 6.45) is 0.656. The van der Waals surface area contributed by atoms with Gasteiger partial charge in [-0.25, -0.2) is 4.39 Å². The first-order chi connectivity index (χ1) is 7.60. The molecule has 2 aromatic rings. The molecule has 0 saturated heterocycles. The second-order valence-electron chi connectivity index (χ2n) is 3.42. The van der Waals surface area contributed by atoms with E-state index in [1.54, 1.807) is 0 Å². The first kappa shape index (κ1) is 11.5. The lowest BCUT2D eigenvalue weighted by molar-refractivity contribution is 0.477. The highest BCUT2D eigenvalue weighted by atomic mass is 79.9. The number of fused-ring (bicyclic) bond motifs is 1. The minimum absolute atomic E-state index is 0.0656. The van der Waals surface area contributed by atoms with E-state index in [0.717, 1.165) is 11.6 Å². The van der Waals surface area contributed by atoms with Gasteiger partial charge in [0, 0.05) is 15.4 Å². The maximum atomic E-state index is 13.5. The molecule has 5 heteroatoms. The first-order valence-electron chi connectivity index (χ1n) is 4.88. The Morgan fingerprint density at radius 1 is 1.44 bits per heavy atom. The van der Waals surface area contributed by atoms with Gasteiger partial charge in [-0.2, -0.15) is 4.39 Å². The van der Waals surface area contributed by atoms with Crippen LogP contribution in [0.2, 0.25) is 0 Å². The van der Waals surface area contributed by atoms with E-state index in [1.165, 1.54) is 0 Å². The molecule has 1 heterocycles. The highest BCUT2D eigenvalue weighted by Gasteiger charge is 2.20. The minimum atomic E-state index is -0.965. The van der Waals surface area contributed by atoms with Gasteiger partial charge in [0.15, 0.2) is 11.4 Å². The smallest absolute Gasteiger partial charge is 0.201 e. The molecule has 86 valence electrons. The van der Waals surface area contributed by atoms with Crippen molar-refractivity contribution in [3.05, 3.63) is 33.5 Å². The van der Waals surface area contributed by atoms with E-state index >= 15 is 0 Å². The maximum Gasteiger partial charge on any atom is 0.201 e. The topological polar surface area (TPSA) is 39.2 Å². The van der Waals surface area contributed by atoms with Crippen molar-refractivity contribution in [2.75, 3.05) is 0 Å². The molecule has 0 fully saturated rings. The molecule has 2 rings (SSSR count). The van der Waals surface area contributed by atoms with Crippen LogP contribution in [0.15, 0.2) is 15.0 Å². The van der Waals surface area contributed by atoms with Gasteiger partial charge >= 0.3 is 0 Å².